The number of hydrogen-bond acceptors (Lipinski definition) is 4. The van der Waals surface area contributed by atoms with Gasteiger partial charge in [-0.05, 0) is 44.4 Å². The Labute approximate surface area is 153 Å². The van der Waals surface area contributed by atoms with Crippen LogP contribution in [-0.4, -0.2) is 54.3 Å². The lowest BCUT2D eigenvalue weighted by Crippen LogP contribution is -2.49. The molecule has 7 nitrogen and oxygen atoms in total. The molecule has 1 saturated heterocycles. The van der Waals surface area contributed by atoms with E-state index in [-0.39, 0.29) is 17.9 Å². The summed E-state index contributed by atoms with van der Waals surface area (Å²) in [5, 5.41) is 15.8. The number of carbonyl (C=O) groups excluding carboxylic acids is 1. The van der Waals surface area contributed by atoms with Crippen molar-refractivity contribution in [3.05, 3.63) is 29.6 Å². The molecule has 0 spiro atoms. The predicted molar refractivity (Wildman–Crippen MR) is 97.6 cm³/mol. The van der Waals surface area contributed by atoms with Crippen LogP contribution in [0.2, 0.25) is 0 Å². The molecule has 1 amide bonds. The summed E-state index contributed by atoms with van der Waals surface area (Å²) in [7, 11) is 0. The molecule has 8 heteroatoms. The molecular formula is C18H27FN4O3. The lowest BCUT2D eigenvalue weighted by molar-refractivity contribution is 0.0963. The Bertz CT molecular complexity index is 631. The Hall–Kier alpha value is -2.51. The van der Waals surface area contributed by atoms with Crippen molar-refractivity contribution < 1.29 is 19.0 Å². The maximum atomic E-state index is 13.4. The Morgan fingerprint density at radius 2 is 2.12 bits per heavy atom. The number of amides is 1. The zero-order chi connectivity index (χ0) is 18.9. The van der Waals surface area contributed by atoms with Gasteiger partial charge in [0.05, 0.1) is 13.2 Å². The lowest BCUT2D eigenvalue weighted by Gasteiger charge is -2.32. The zero-order valence-corrected chi connectivity index (χ0v) is 15.3. The van der Waals surface area contributed by atoms with Gasteiger partial charge in [-0.3, -0.25) is 0 Å². The van der Waals surface area contributed by atoms with Gasteiger partial charge in [0, 0.05) is 25.7 Å². The van der Waals surface area contributed by atoms with Gasteiger partial charge in [0.15, 0.2) is 17.5 Å². The van der Waals surface area contributed by atoms with Crippen LogP contribution in [-0.2, 0) is 11.3 Å². The molecule has 0 atom stereocenters. The molecule has 0 saturated carbocycles. The average molecular weight is 366 g/mol. The maximum absolute atomic E-state index is 13.4. The van der Waals surface area contributed by atoms with Gasteiger partial charge in [-0.2, -0.15) is 0 Å². The number of hydrogen-bond donors (Lipinski definition) is 3. The van der Waals surface area contributed by atoms with E-state index in [2.05, 4.69) is 15.6 Å². The molecule has 1 aliphatic heterocycles. The van der Waals surface area contributed by atoms with Gasteiger partial charge in [0.1, 0.15) is 0 Å². The van der Waals surface area contributed by atoms with Crippen molar-refractivity contribution in [2.45, 2.75) is 39.3 Å². The van der Waals surface area contributed by atoms with Crippen molar-refractivity contribution in [1.29, 1.82) is 0 Å². The highest BCUT2D eigenvalue weighted by molar-refractivity contribution is 5.80. The third-order valence-corrected chi connectivity index (χ3v) is 4.14. The topological polar surface area (TPSA) is 86.2 Å². The first-order valence-electron chi connectivity index (χ1n) is 8.97. The minimum absolute atomic E-state index is 0.204. The van der Waals surface area contributed by atoms with Crippen LogP contribution in [0, 0.1) is 5.82 Å². The zero-order valence-electron chi connectivity index (χ0n) is 15.3. The number of phenols is 1. The molecule has 0 unspecified atom stereocenters. The van der Waals surface area contributed by atoms with Crippen LogP contribution < -0.4 is 10.6 Å². The number of rotatable bonds is 5. The van der Waals surface area contributed by atoms with E-state index in [0.29, 0.717) is 44.3 Å². The highest BCUT2D eigenvalue weighted by atomic mass is 19.1. The SMILES string of the molecule is CCNC(=NCc1ccc(O)c(F)c1)NC1CCN(C(=O)OCC)CC1. The van der Waals surface area contributed by atoms with Crippen LogP contribution in [0.5, 0.6) is 5.75 Å². The first kappa shape index (κ1) is 19.8. The van der Waals surface area contributed by atoms with Crippen molar-refractivity contribution in [2.24, 2.45) is 4.99 Å². The first-order valence-corrected chi connectivity index (χ1v) is 8.97. The molecule has 2 rings (SSSR count). The largest absolute Gasteiger partial charge is 0.505 e. The Kier molecular flexibility index (Phi) is 7.50. The van der Waals surface area contributed by atoms with E-state index in [0.717, 1.165) is 12.8 Å². The van der Waals surface area contributed by atoms with Crippen molar-refractivity contribution in [1.82, 2.24) is 15.5 Å². The third kappa shape index (κ3) is 5.79. The lowest BCUT2D eigenvalue weighted by atomic mass is 10.1. The molecule has 0 radical (unpaired) electrons. The normalized spacial score (nSPS) is 15.7. The number of nitrogens with zero attached hydrogens (tertiary/aromatic N) is 2. The van der Waals surface area contributed by atoms with E-state index in [4.69, 9.17) is 4.74 Å². The number of nitrogens with one attached hydrogen (secondary N) is 2. The number of carbonyl (C=O) groups is 1. The second-order valence-electron chi connectivity index (χ2n) is 6.09. The van der Waals surface area contributed by atoms with Crippen LogP contribution in [0.15, 0.2) is 23.2 Å². The molecular weight excluding hydrogens is 339 g/mol. The van der Waals surface area contributed by atoms with Gasteiger partial charge < -0.3 is 25.4 Å². The van der Waals surface area contributed by atoms with E-state index in [1.807, 2.05) is 6.92 Å². The molecule has 144 valence electrons. The van der Waals surface area contributed by atoms with E-state index in [9.17, 15) is 14.3 Å². The number of likely N-dealkylation sites (tertiary alicyclic amines) is 1. The second kappa shape index (κ2) is 9.84. The number of aliphatic imine (C=N–C) groups is 1. The first-order chi connectivity index (χ1) is 12.5. The van der Waals surface area contributed by atoms with E-state index in [1.165, 1.54) is 12.1 Å². The average Bonchev–Trinajstić information content (AvgIpc) is 2.63. The predicted octanol–water partition coefficient (Wildman–Crippen LogP) is 2.21. The molecule has 0 aliphatic carbocycles. The summed E-state index contributed by atoms with van der Waals surface area (Å²) in [6.07, 6.45) is 1.34. The standard InChI is InChI=1S/C18H27FN4O3/c1-3-20-17(21-12-13-5-6-16(24)15(19)11-13)22-14-7-9-23(10-8-14)18(25)26-4-2/h5-6,11,14,24H,3-4,7-10,12H2,1-2H3,(H2,20,21,22). The van der Waals surface area contributed by atoms with Crippen molar-refractivity contribution in [3.63, 3.8) is 0 Å². The smallest absolute Gasteiger partial charge is 0.409 e. The molecule has 1 heterocycles. The fraction of sp³-hybridized carbons (Fsp3) is 0.556. The Balaban J connectivity index is 1.89. The van der Waals surface area contributed by atoms with E-state index in [1.54, 1.807) is 17.9 Å². The van der Waals surface area contributed by atoms with Gasteiger partial charge in [0.25, 0.3) is 0 Å². The van der Waals surface area contributed by atoms with Crippen molar-refractivity contribution >= 4 is 12.1 Å². The number of guanidine groups is 1. The maximum Gasteiger partial charge on any atom is 0.409 e. The van der Waals surface area contributed by atoms with E-state index < -0.39 is 5.82 Å². The summed E-state index contributed by atoms with van der Waals surface area (Å²) in [6.45, 7) is 6.43. The number of halogens is 1. The Morgan fingerprint density at radius 3 is 2.73 bits per heavy atom. The number of benzene rings is 1. The molecule has 1 aromatic carbocycles. The summed E-state index contributed by atoms with van der Waals surface area (Å²) < 4.78 is 18.4. The van der Waals surface area contributed by atoms with E-state index >= 15 is 0 Å². The van der Waals surface area contributed by atoms with Crippen LogP contribution in [0.25, 0.3) is 0 Å². The van der Waals surface area contributed by atoms with Crippen LogP contribution >= 0.6 is 0 Å². The van der Waals surface area contributed by atoms with Gasteiger partial charge in [-0.15, -0.1) is 0 Å². The number of aromatic hydroxyl groups is 1. The van der Waals surface area contributed by atoms with Crippen LogP contribution in [0.1, 0.15) is 32.3 Å². The molecule has 1 aromatic rings. The monoisotopic (exact) mass is 366 g/mol. The summed E-state index contributed by atoms with van der Waals surface area (Å²) in [5.74, 6) is -0.367. The van der Waals surface area contributed by atoms with Gasteiger partial charge in [0.2, 0.25) is 0 Å². The Morgan fingerprint density at radius 1 is 1.38 bits per heavy atom. The van der Waals surface area contributed by atoms with Crippen molar-refractivity contribution in [2.75, 3.05) is 26.2 Å². The molecule has 1 aliphatic rings. The molecule has 0 aromatic heterocycles. The highest BCUT2D eigenvalue weighted by Gasteiger charge is 2.24. The van der Waals surface area contributed by atoms with Crippen molar-refractivity contribution in [3.8, 4) is 5.75 Å². The summed E-state index contributed by atoms with van der Waals surface area (Å²) in [6, 6.07) is 4.45. The number of phenolic OH excluding ortho intramolecular Hbond substituents is 1. The van der Waals surface area contributed by atoms with Gasteiger partial charge in [-0.25, -0.2) is 14.2 Å². The van der Waals surface area contributed by atoms with Crippen LogP contribution in [0.3, 0.4) is 0 Å². The van der Waals surface area contributed by atoms with Gasteiger partial charge in [-0.1, -0.05) is 6.07 Å². The minimum atomic E-state index is -0.651. The minimum Gasteiger partial charge on any atom is -0.505 e. The fourth-order valence-corrected chi connectivity index (χ4v) is 2.75. The molecule has 1 fully saturated rings. The molecule has 26 heavy (non-hydrogen) atoms. The second-order valence-corrected chi connectivity index (χ2v) is 6.09. The summed E-state index contributed by atoms with van der Waals surface area (Å²) in [4.78, 5) is 17.9. The van der Waals surface area contributed by atoms with Crippen LogP contribution in [0.4, 0.5) is 9.18 Å². The molecule has 3 N–H and O–H groups in total. The fourth-order valence-electron chi connectivity index (χ4n) is 2.75. The third-order valence-electron chi connectivity index (χ3n) is 4.14. The molecule has 0 bridgehead atoms. The number of ether oxygens (including phenoxy) is 1. The summed E-state index contributed by atoms with van der Waals surface area (Å²) in [5.41, 5.74) is 0.676. The number of piperidine rings is 1. The van der Waals surface area contributed by atoms with Gasteiger partial charge >= 0.3 is 6.09 Å². The highest BCUT2D eigenvalue weighted by Crippen LogP contribution is 2.16. The quantitative estimate of drug-likeness (QED) is 0.549. The summed E-state index contributed by atoms with van der Waals surface area (Å²) >= 11 is 0.